The van der Waals surface area contributed by atoms with Crippen molar-refractivity contribution in [2.24, 2.45) is 28.2 Å². The quantitative estimate of drug-likeness (QED) is 0.142. The molecule has 9 heteroatoms. The van der Waals surface area contributed by atoms with Crippen molar-refractivity contribution >= 4 is 0 Å². The summed E-state index contributed by atoms with van der Waals surface area (Å²) in [6.07, 6.45) is 26.8. The minimum Gasteiger partial charge on any atom is -0.260 e. The SMILES string of the molecule is CCc1cc[n+](C)c(-c2cc3c(cc2C)-c2cccnc2C32CCCC2)c1.Cc1ccc2c(c1-c1cc(-c3ccc(F)cc3)cc[n+]1C)C(C)(C)c1ncccc1-2.Cc1ccc2c(c1-c1cc(-c3ccccc3)cc[n+]1C)C(C)(C)c1ncccc1-2.[2H]C([2H])([2H])C([2H])(C)c1cc[n+](C)c(-c2cc3c(cc2C)-c2cccnc2C32CCCC2)c1. The number of pyridine rings is 8. The second-order valence-corrected chi connectivity index (χ2v) is 33.8. The molecule has 0 radical (unpaired) electrons. The van der Waals surface area contributed by atoms with Gasteiger partial charge in [0.2, 0.25) is 22.8 Å². The van der Waals surface area contributed by atoms with Gasteiger partial charge in [-0.1, -0.05) is 177 Å². The molecule has 114 heavy (non-hydrogen) atoms. The van der Waals surface area contributed by atoms with E-state index in [-0.39, 0.29) is 27.5 Å². The largest absolute Gasteiger partial charge is 0.260 e. The van der Waals surface area contributed by atoms with Gasteiger partial charge in [0.15, 0.2) is 24.8 Å². The van der Waals surface area contributed by atoms with Crippen LogP contribution in [0.15, 0.2) is 250 Å². The van der Waals surface area contributed by atoms with Crippen LogP contribution in [0.5, 0.6) is 0 Å². The molecule has 8 heterocycles. The molecule has 0 saturated heterocycles. The molecule has 2 spiro atoms. The van der Waals surface area contributed by atoms with Crippen molar-refractivity contribution < 1.29 is 28.1 Å². The lowest BCUT2D eigenvalue weighted by atomic mass is 9.78. The maximum atomic E-state index is 13.4. The van der Waals surface area contributed by atoms with E-state index in [9.17, 15) is 4.39 Å². The topological polar surface area (TPSA) is 67.1 Å². The summed E-state index contributed by atoms with van der Waals surface area (Å²) in [5.41, 5.74) is 41.7. The number of hydrogen-bond donors (Lipinski definition) is 0. The summed E-state index contributed by atoms with van der Waals surface area (Å²) >= 11 is 0. The van der Waals surface area contributed by atoms with Gasteiger partial charge in [0.25, 0.3) is 0 Å². The Bertz CT molecular complexity index is 6320. The predicted octanol–water partition coefficient (Wildman–Crippen LogP) is 23.0. The summed E-state index contributed by atoms with van der Waals surface area (Å²) in [6, 6.07) is 69.8. The van der Waals surface area contributed by atoms with Crippen LogP contribution in [-0.4, -0.2) is 19.9 Å². The van der Waals surface area contributed by atoms with E-state index in [1.54, 1.807) is 6.07 Å². The maximum Gasteiger partial charge on any atom is 0.213 e. The van der Waals surface area contributed by atoms with Gasteiger partial charge in [0.05, 0.1) is 33.9 Å². The molecule has 0 amide bonds. The zero-order chi connectivity index (χ0) is 82.7. The van der Waals surface area contributed by atoms with Crippen LogP contribution >= 0.6 is 0 Å². The summed E-state index contributed by atoms with van der Waals surface area (Å²) in [4.78, 5) is 19.2. The van der Waals surface area contributed by atoms with Crippen molar-refractivity contribution in [2.45, 2.75) is 161 Å². The first-order chi connectivity index (χ1) is 56.6. The normalized spacial score (nSPS) is 16.3. The van der Waals surface area contributed by atoms with Crippen molar-refractivity contribution in [3.8, 4) is 112 Å². The zero-order valence-corrected chi connectivity index (χ0v) is 68.5. The van der Waals surface area contributed by atoms with E-state index >= 15 is 0 Å². The molecule has 6 aromatic carbocycles. The first kappa shape index (κ1) is 70.3. The second kappa shape index (κ2) is 29.4. The number of nitrogens with zero attached hydrogens (tertiary/aromatic N) is 8. The molecular formula is C105H105FN8+4. The van der Waals surface area contributed by atoms with Gasteiger partial charge in [0.1, 0.15) is 34.0 Å². The average Bonchev–Trinajstić information content (AvgIpc) is 1.60. The van der Waals surface area contributed by atoms with Crippen LogP contribution < -0.4 is 18.3 Å². The molecule has 6 aliphatic carbocycles. The molecular weight excluding hydrogens is 1390 g/mol. The van der Waals surface area contributed by atoms with Gasteiger partial charge in [-0.05, 0) is 214 Å². The molecule has 8 aromatic heterocycles. The molecule has 2 saturated carbocycles. The molecule has 8 nitrogen and oxygen atoms in total. The minimum absolute atomic E-state index is 0.0206. The van der Waals surface area contributed by atoms with Gasteiger partial charge in [-0.25, -0.2) is 22.7 Å². The fraction of sp³-hybridized carbons (Fsp3) is 0.276. The maximum absolute atomic E-state index is 13.4. The summed E-state index contributed by atoms with van der Waals surface area (Å²) in [5.74, 6) is -1.89. The third-order valence-corrected chi connectivity index (χ3v) is 26.1. The zero-order valence-electron chi connectivity index (χ0n) is 72.5. The standard InChI is InChI=1S/C27H24FN2.C27H25N2.C26H29N2.C25H27N2/c1-17-7-12-21-22-6-5-14-29-26(22)27(2,3)25(21)24(17)23-16-19(13-15-30(23)4)18-8-10-20(28)11-9-18;1-18-12-13-21-22-11-8-15-28-26(22)27(2,3)25(21)24(18)23-17-20(14-16-29(23)4)19-9-6-5-7-10-19;1-17(2)19-9-13-28(4)24(15-19)21-16-23-22(14-18(21)3)20-8-7-12-27-25(20)26(23)10-5-6-11-26;1-4-18-9-13-27(3)23(15-18)20-16-22-21(14-17(20)2)19-8-7-12-26-24(19)25(22)10-5-6-11-25/h5-16H,1-4H3;5-17H,1-4H3;7-9,12-17H,5-6,10-11H2,1-4H3;7-9,12-16H,4-6,10-11H2,1-3H3/q4*+1/i;;1D3,17D;. The van der Waals surface area contributed by atoms with Gasteiger partial charge in [-0.2, -0.15) is 0 Å². The summed E-state index contributed by atoms with van der Waals surface area (Å²) in [7, 11) is 8.35. The average molecular weight is 1500 g/mol. The van der Waals surface area contributed by atoms with Crippen LogP contribution in [0.3, 0.4) is 0 Å². The Labute approximate surface area is 679 Å². The van der Waals surface area contributed by atoms with Gasteiger partial charge < -0.3 is 0 Å². The van der Waals surface area contributed by atoms with Gasteiger partial charge in [0, 0.05) is 134 Å². The molecule has 0 bridgehead atoms. The molecule has 14 aromatic rings. The van der Waals surface area contributed by atoms with Gasteiger partial charge in [-0.3, -0.25) is 19.9 Å². The number of fused-ring (bicyclic) bond motifs is 16. The van der Waals surface area contributed by atoms with E-state index in [1.807, 2.05) is 79.0 Å². The Hall–Kier alpha value is -11.6. The van der Waals surface area contributed by atoms with E-state index in [4.69, 9.17) is 25.4 Å². The highest BCUT2D eigenvalue weighted by Gasteiger charge is 2.49. The van der Waals surface area contributed by atoms with E-state index in [0.29, 0.717) is 5.56 Å². The van der Waals surface area contributed by atoms with Crippen LogP contribution in [0, 0.1) is 33.5 Å². The number of rotatable bonds is 8. The number of halogens is 1. The van der Waals surface area contributed by atoms with Crippen LogP contribution in [0.2, 0.25) is 0 Å². The lowest BCUT2D eigenvalue weighted by Crippen LogP contribution is -2.32. The van der Waals surface area contributed by atoms with Crippen molar-refractivity contribution in [1.29, 1.82) is 0 Å². The molecule has 2 fully saturated rings. The number of hydrogen-bond acceptors (Lipinski definition) is 4. The number of benzene rings is 6. The van der Waals surface area contributed by atoms with E-state index in [1.165, 1.54) is 203 Å². The summed E-state index contributed by atoms with van der Waals surface area (Å²) in [5, 5.41) is 0. The van der Waals surface area contributed by atoms with Crippen LogP contribution in [0.1, 0.15) is 190 Å². The minimum atomic E-state index is -2.40. The molecule has 6 aliphatic rings. The molecule has 1 atom stereocenters. The van der Waals surface area contributed by atoms with Crippen LogP contribution in [0.4, 0.5) is 4.39 Å². The predicted molar refractivity (Wildman–Crippen MR) is 461 cm³/mol. The lowest BCUT2D eigenvalue weighted by Gasteiger charge is -2.25. The van der Waals surface area contributed by atoms with Crippen molar-refractivity contribution in [3.63, 3.8) is 0 Å². The monoisotopic (exact) mass is 1500 g/mol. The Kier molecular flexibility index (Phi) is 18.2. The van der Waals surface area contributed by atoms with Gasteiger partial charge >= 0.3 is 0 Å². The molecule has 0 N–H and O–H groups in total. The highest BCUT2D eigenvalue weighted by molar-refractivity contribution is 5.91. The van der Waals surface area contributed by atoms with Crippen LogP contribution in [-0.2, 0) is 56.3 Å². The third-order valence-electron chi connectivity index (χ3n) is 26.1. The van der Waals surface area contributed by atoms with Crippen LogP contribution in [0.25, 0.3) is 112 Å². The van der Waals surface area contributed by atoms with Crippen molar-refractivity contribution in [1.82, 2.24) is 19.9 Å². The first-order valence-corrected chi connectivity index (χ1v) is 40.8. The Morgan fingerprint density at radius 3 is 1.24 bits per heavy atom. The Balaban J connectivity index is 0.000000113. The van der Waals surface area contributed by atoms with E-state index in [2.05, 4.69) is 261 Å². The molecule has 1 unspecified atom stereocenters. The lowest BCUT2D eigenvalue weighted by molar-refractivity contribution is -0.660. The molecule has 0 aliphatic heterocycles. The Morgan fingerprint density at radius 1 is 0.386 bits per heavy atom. The highest BCUT2D eigenvalue weighted by Crippen LogP contribution is 2.60. The molecule has 20 rings (SSSR count). The van der Waals surface area contributed by atoms with Crippen molar-refractivity contribution in [3.05, 3.63) is 334 Å². The Morgan fingerprint density at radius 2 is 0.789 bits per heavy atom. The number of aryl methyl sites for hydroxylation is 9. The highest BCUT2D eigenvalue weighted by atomic mass is 19.1. The fourth-order valence-electron chi connectivity index (χ4n) is 20.2. The van der Waals surface area contributed by atoms with Crippen molar-refractivity contribution in [2.75, 3.05) is 0 Å². The number of aromatic nitrogens is 8. The molecule has 568 valence electrons. The van der Waals surface area contributed by atoms with E-state index < -0.39 is 12.7 Å². The summed E-state index contributed by atoms with van der Waals surface area (Å²) in [6.45, 7) is 19.2. The third kappa shape index (κ3) is 12.6. The fourth-order valence-corrected chi connectivity index (χ4v) is 20.2. The van der Waals surface area contributed by atoms with Gasteiger partial charge in [-0.15, -0.1) is 0 Å². The smallest absolute Gasteiger partial charge is 0.213 e. The second-order valence-electron chi connectivity index (χ2n) is 33.8. The first-order valence-electron chi connectivity index (χ1n) is 42.8. The van der Waals surface area contributed by atoms with E-state index in [0.717, 1.165) is 58.6 Å². The summed E-state index contributed by atoms with van der Waals surface area (Å²) < 4.78 is 54.2.